The van der Waals surface area contributed by atoms with Gasteiger partial charge in [0.05, 0.1) is 13.7 Å². The topological polar surface area (TPSA) is 71.5 Å². The molecule has 0 aliphatic carbocycles. The summed E-state index contributed by atoms with van der Waals surface area (Å²) < 4.78 is 16.3. The molecule has 1 amide bonds. The Morgan fingerprint density at radius 1 is 0.973 bits per heavy atom. The minimum Gasteiger partial charge on any atom is -0.497 e. The number of nitrogens with zero attached hydrogens (tertiary/aromatic N) is 2. The van der Waals surface area contributed by atoms with Gasteiger partial charge in [-0.3, -0.25) is 9.69 Å². The van der Waals surface area contributed by atoms with Crippen molar-refractivity contribution in [2.75, 3.05) is 40.1 Å². The van der Waals surface area contributed by atoms with Crippen molar-refractivity contribution in [3.63, 3.8) is 0 Å². The number of aliphatic hydroxyl groups excluding tert-OH is 1. The van der Waals surface area contributed by atoms with Gasteiger partial charge in [0, 0.05) is 36.7 Å². The lowest BCUT2D eigenvalue weighted by molar-refractivity contribution is -0.0606. The number of rotatable bonds is 5. The van der Waals surface area contributed by atoms with E-state index in [1.165, 1.54) is 5.56 Å². The standard InChI is InChI=1S/C30H32N2O5/c1-35-24-6-4-5-22(15-24)20-7-9-21(10-8-20)29-25-17-31(13-2-3-14-32(25)26(29)18-33)30(34)23-11-12-27-28(16-23)37-19-36-27/h4-12,15-16,25-26,29,33H,2-3,13-14,17-19H2,1H3/t25-,26-,29-/m1/s1. The summed E-state index contributed by atoms with van der Waals surface area (Å²) in [6, 6.07) is 22.3. The molecule has 2 fully saturated rings. The van der Waals surface area contributed by atoms with Crippen LogP contribution < -0.4 is 14.2 Å². The van der Waals surface area contributed by atoms with Crippen LogP contribution in [0.2, 0.25) is 0 Å². The summed E-state index contributed by atoms with van der Waals surface area (Å²) in [6.45, 7) is 2.60. The molecule has 6 rings (SSSR count). The molecule has 7 nitrogen and oxygen atoms in total. The zero-order valence-electron chi connectivity index (χ0n) is 21.0. The van der Waals surface area contributed by atoms with Crippen molar-refractivity contribution >= 4 is 5.91 Å². The molecule has 3 atom stereocenters. The van der Waals surface area contributed by atoms with Crippen molar-refractivity contribution < 1.29 is 24.1 Å². The molecule has 7 heteroatoms. The van der Waals surface area contributed by atoms with Crippen LogP contribution in [0.15, 0.2) is 66.7 Å². The van der Waals surface area contributed by atoms with E-state index < -0.39 is 0 Å². The van der Waals surface area contributed by atoms with Crippen LogP contribution >= 0.6 is 0 Å². The van der Waals surface area contributed by atoms with Gasteiger partial charge in [0.15, 0.2) is 11.5 Å². The summed E-state index contributed by atoms with van der Waals surface area (Å²) in [5.41, 5.74) is 4.04. The Kier molecular flexibility index (Phi) is 6.49. The highest BCUT2D eigenvalue weighted by Gasteiger charge is 2.49. The number of hydrogen-bond donors (Lipinski definition) is 1. The van der Waals surface area contributed by atoms with E-state index in [0.717, 1.165) is 42.8 Å². The molecule has 0 spiro atoms. The van der Waals surface area contributed by atoms with Gasteiger partial charge in [-0.25, -0.2) is 0 Å². The largest absolute Gasteiger partial charge is 0.497 e. The van der Waals surface area contributed by atoms with Gasteiger partial charge in [0.2, 0.25) is 6.79 Å². The lowest BCUT2D eigenvalue weighted by Crippen LogP contribution is -2.67. The molecular weight excluding hydrogens is 468 g/mol. The summed E-state index contributed by atoms with van der Waals surface area (Å²) in [5, 5.41) is 10.3. The number of benzene rings is 3. The van der Waals surface area contributed by atoms with Crippen molar-refractivity contribution in [3.05, 3.63) is 77.9 Å². The van der Waals surface area contributed by atoms with E-state index in [2.05, 4.69) is 35.2 Å². The predicted molar refractivity (Wildman–Crippen MR) is 140 cm³/mol. The molecule has 0 unspecified atom stereocenters. The number of aliphatic hydroxyl groups is 1. The Hall–Kier alpha value is -3.55. The Morgan fingerprint density at radius 3 is 2.59 bits per heavy atom. The SMILES string of the molecule is COc1cccc(-c2ccc([C@H]3[C@@H](CO)N4CCCCN(C(=O)c5ccc6c(c5)OCO6)C[C@H]34)cc2)c1. The number of amides is 1. The lowest BCUT2D eigenvalue weighted by Gasteiger charge is -2.57. The Bertz CT molecular complexity index is 1280. The minimum absolute atomic E-state index is 0.0136. The molecule has 37 heavy (non-hydrogen) atoms. The average Bonchev–Trinajstić information content (AvgIpc) is 3.40. The fraction of sp³-hybridized carbons (Fsp3) is 0.367. The molecular formula is C30H32N2O5. The molecule has 3 aliphatic heterocycles. The van der Waals surface area contributed by atoms with E-state index >= 15 is 0 Å². The van der Waals surface area contributed by atoms with Crippen LogP contribution in [0.1, 0.15) is 34.7 Å². The van der Waals surface area contributed by atoms with E-state index in [0.29, 0.717) is 23.6 Å². The second-order valence-corrected chi connectivity index (χ2v) is 9.96. The first kappa shape index (κ1) is 23.8. The third kappa shape index (κ3) is 4.43. The van der Waals surface area contributed by atoms with Crippen LogP contribution in [-0.4, -0.2) is 73.0 Å². The normalized spacial score (nSPS) is 23.0. The van der Waals surface area contributed by atoms with E-state index in [1.807, 2.05) is 35.2 Å². The van der Waals surface area contributed by atoms with Crippen molar-refractivity contribution in [2.24, 2.45) is 0 Å². The third-order valence-electron chi connectivity index (χ3n) is 7.98. The maximum Gasteiger partial charge on any atom is 0.254 e. The van der Waals surface area contributed by atoms with E-state index in [9.17, 15) is 9.90 Å². The lowest BCUT2D eigenvalue weighted by atomic mass is 9.74. The average molecular weight is 501 g/mol. The van der Waals surface area contributed by atoms with Gasteiger partial charge in [-0.05, 0) is 66.4 Å². The summed E-state index contributed by atoms with van der Waals surface area (Å²) in [7, 11) is 1.68. The third-order valence-corrected chi connectivity index (χ3v) is 7.98. The summed E-state index contributed by atoms with van der Waals surface area (Å²) in [4.78, 5) is 17.9. The van der Waals surface area contributed by atoms with Crippen LogP contribution in [0.5, 0.6) is 17.2 Å². The fourth-order valence-corrected chi connectivity index (χ4v) is 6.04. The van der Waals surface area contributed by atoms with Crippen LogP contribution in [0, 0.1) is 0 Å². The number of hydrogen-bond acceptors (Lipinski definition) is 6. The van der Waals surface area contributed by atoms with Gasteiger partial charge in [-0.15, -0.1) is 0 Å². The molecule has 0 radical (unpaired) electrons. The maximum absolute atomic E-state index is 13.5. The van der Waals surface area contributed by atoms with Gasteiger partial charge in [-0.2, -0.15) is 0 Å². The Morgan fingerprint density at radius 2 is 1.78 bits per heavy atom. The van der Waals surface area contributed by atoms with Gasteiger partial charge in [0.25, 0.3) is 5.91 Å². The second kappa shape index (κ2) is 10.1. The summed E-state index contributed by atoms with van der Waals surface area (Å²) in [6.07, 6.45) is 1.94. The number of carbonyl (C=O) groups excluding carboxylic acids is 1. The molecule has 3 heterocycles. The van der Waals surface area contributed by atoms with Crippen LogP contribution in [-0.2, 0) is 0 Å². The monoisotopic (exact) mass is 500 g/mol. The first-order valence-electron chi connectivity index (χ1n) is 13.0. The molecule has 0 aromatic heterocycles. The maximum atomic E-state index is 13.5. The quantitative estimate of drug-likeness (QED) is 0.568. The fourth-order valence-electron chi connectivity index (χ4n) is 6.04. The summed E-state index contributed by atoms with van der Waals surface area (Å²) >= 11 is 0. The molecule has 3 aromatic carbocycles. The Labute approximate surface area is 217 Å². The van der Waals surface area contributed by atoms with E-state index in [4.69, 9.17) is 14.2 Å². The Balaban J connectivity index is 1.24. The molecule has 1 N–H and O–H groups in total. The van der Waals surface area contributed by atoms with Gasteiger partial charge >= 0.3 is 0 Å². The minimum atomic E-state index is 0.0136. The highest BCUT2D eigenvalue weighted by Crippen LogP contribution is 2.43. The second-order valence-electron chi connectivity index (χ2n) is 9.96. The molecule has 3 aliphatic rings. The number of methoxy groups -OCH3 is 1. The van der Waals surface area contributed by atoms with Crippen LogP contribution in [0.25, 0.3) is 11.1 Å². The van der Waals surface area contributed by atoms with E-state index in [-0.39, 0.29) is 37.3 Å². The van der Waals surface area contributed by atoms with Crippen molar-refractivity contribution in [2.45, 2.75) is 30.8 Å². The highest BCUT2D eigenvalue weighted by atomic mass is 16.7. The van der Waals surface area contributed by atoms with Crippen LogP contribution in [0.4, 0.5) is 0 Å². The summed E-state index contributed by atoms with van der Waals surface area (Å²) in [5.74, 6) is 2.31. The molecule has 192 valence electrons. The molecule has 0 saturated carbocycles. The number of ether oxygens (including phenoxy) is 3. The zero-order chi connectivity index (χ0) is 25.4. The predicted octanol–water partition coefficient (Wildman–Crippen LogP) is 4.16. The first-order valence-corrected chi connectivity index (χ1v) is 13.0. The first-order chi connectivity index (χ1) is 18.2. The smallest absolute Gasteiger partial charge is 0.254 e. The highest BCUT2D eigenvalue weighted by molar-refractivity contribution is 5.95. The van der Waals surface area contributed by atoms with Crippen molar-refractivity contribution in [3.8, 4) is 28.4 Å². The van der Waals surface area contributed by atoms with Crippen molar-refractivity contribution in [1.82, 2.24) is 9.80 Å². The zero-order valence-corrected chi connectivity index (χ0v) is 21.0. The van der Waals surface area contributed by atoms with E-state index in [1.54, 1.807) is 13.2 Å². The molecule has 3 aromatic rings. The van der Waals surface area contributed by atoms with Crippen molar-refractivity contribution in [1.29, 1.82) is 0 Å². The van der Waals surface area contributed by atoms with Gasteiger partial charge in [0.1, 0.15) is 5.75 Å². The molecule has 2 saturated heterocycles. The van der Waals surface area contributed by atoms with Crippen LogP contribution in [0.3, 0.4) is 0 Å². The number of fused-ring (bicyclic) bond motifs is 2. The van der Waals surface area contributed by atoms with Gasteiger partial charge < -0.3 is 24.2 Å². The number of carbonyl (C=O) groups is 1. The van der Waals surface area contributed by atoms with Gasteiger partial charge in [-0.1, -0.05) is 36.4 Å². The molecule has 0 bridgehead atoms.